The maximum atomic E-state index is 13.3. The molecule has 1 amide bonds. The van der Waals surface area contributed by atoms with E-state index >= 15 is 0 Å². The highest BCUT2D eigenvalue weighted by Gasteiger charge is 2.37. The number of halogens is 2. The first-order chi connectivity index (χ1) is 9.66. The van der Waals surface area contributed by atoms with Crippen LogP contribution in [0.5, 0.6) is 0 Å². The molecule has 6 heteroatoms. The maximum Gasteiger partial charge on any atom is 0.257 e. The molecule has 2 heterocycles. The highest BCUT2D eigenvalue weighted by molar-refractivity contribution is 6.32. The zero-order chi connectivity index (χ0) is 14.1. The molecule has 20 heavy (non-hydrogen) atoms. The number of ether oxygens (including phenoxy) is 1. The van der Waals surface area contributed by atoms with Crippen LogP contribution >= 0.6 is 11.6 Å². The van der Waals surface area contributed by atoms with E-state index in [2.05, 4.69) is 4.98 Å². The number of morpholine rings is 1. The summed E-state index contributed by atoms with van der Waals surface area (Å²) in [6, 6.07) is 1.23. The Morgan fingerprint density at radius 2 is 2.25 bits per heavy atom. The average Bonchev–Trinajstić information content (AvgIpc) is 2.48. The highest BCUT2D eigenvalue weighted by atomic mass is 35.5. The van der Waals surface area contributed by atoms with E-state index in [-0.39, 0.29) is 28.8 Å². The van der Waals surface area contributed by atoms with Crippen molar-refractivity contribution in [1.82, 2.24) is 9.88 Å². The largest absolute Gasteiger partial charge is 0.374 e. The Balaban J connectivity index is 1.87. The van der Waals surface area contributed by atoms with Crippen LogP contribution in [0.3, 0.4) is 0 Å². The SMILES string of the molecule is O=C(c1cc(F)cnc1Cl)N1CCOC2CCCCC21. The molecular formula is C14H16ClFN2O2. The Hall–Kier alpha value is -1.20. The molecule has 0 aromatic carbocycles. The van der Waals surface area contributed by atoms with Gasteiger partial charge >= 0.3 is 0 Å². The molecule has 2 fully saturated rings. The van der Waals surface area contributed by atoms with Gasteiger partial charge in [-0.15, -0.1) is 0 Å². The number of carbonyl (C=O) groups is 1. The predicted octanol–water partition coefficient (Wildman–Crippen LogP) is 2.66. The Morgan fingerprint density at radius 1 is 1.45 bits per heavy atom. The van der Waals surface area contributed by atoms with Crippen molar-refractivity contribution in [3.05, 3.63) is 28.8 Å². The number of amides is 1. The Kier molecular flexibility index (Phi) is 3.89. The second-order valence-corrected chi connectivity index (χ2v) is 5.61. The van der Waals surface area contributed by atoms with E-state index in [1.165, 1.54) is 0 Å². The number of pyridine rings is 1. The monoisotopic (exact) mass is 298 g/mol. The van der Waals surface area contributed by atoms with Crippen LogP contribution in [0.1, 0.15) is 36.0 Å². The first-order valence-electron chi connectivity index (χ1n) is 6.90. The van der Waals surface area contributed by atoms with Crippen molar-refractivity contribution in [3.63, 3.8) is 0 Å². The van der Waals surface area contributed by atoms with Crippen LogP contribution in [-0.2, 0) is 4.74 Å². The van der Waals surface area contributed by atoms with Gasteiger partial charge in [-0.1, -0.05) is 24.4 Å². The fraction of sp³-hybridized carbons (Fsp3) is 0.571. The van der Waals surface area contributed by atoms with Crippen molar-refractivity contribution in [3.8, 4) is 0 Å². The van der Waals surface area contributed by atoms with Gasteiger partial charge in [0.1, 0.15) is 11.0 Å². The zero-order valence-electron chi connectivity index (χ0n) is 11.0. The van der Waals surface area contributed by atoms with E-state index in [9.17, 15) is 9.18 Å². The third-order valence-corrected chi connectivity index (χ3v) is 4.33. The van der Waals surface area contributed by atoms with Crippen LogP contribution in [0, 0.1) is 5.82 Å². The smallest absolute Gasteiger partial charge is 0.257 e. The summed E-state index contributed by atoms with van der Waals surface area (Å²) in [7, 11) is 0. The molecule has 1 saturated carbocycles. The van der Waals surface area contributed by atoms with Gasteiger partial charge in [-0.05, 0) is 18.9 Å². The summed E-state index contributed by atoms with van der Waals surface area (Å²) in [5.41, 5.74) is 0.137. The summed E-state index contributed by atoms with van der Waals surface area (Å²) in [5.74, 6) is -0.798. The lowest BCUT2D eigenvalue weighted by atomic mass is 9.90. The van der Waals surface area contributed by atoms with Gasteiger partial charge in [-0.25, -0.2) is 9.37 Å². The van der Waals surface area contributed by atoms with Crippen LogP contribution in [0.25, 0.3) is 0 Å². The molecule has 1 aliphatic heterocycles. The molecule has 1 aromatic heterocycles. The Morgan fingerprint density at radius 3 is 3.10 bits per heavy atom. The van der Waals surface area contributed by atoms with Gasteiger partial charge in [0.05, 0.1) is 30.5 Å². The first-order valence-corrected chi connectivity index (χ1v) is 7.28. The third-order valence-electron chi connectivity index (χ3n) is 4.03. The number of nitrogens with zero attached hydrogens (tertiary/aromatic N) is 2. The Labute approximate surface area is 121 Å². The quantitative estimate of drug-likeness (QED) is 0.749. The lowest BCUT2D eigenvalue weighted by Gasteiger charge is -2.43. The third kappa shape index (κ3) is 2.52. The molecule has 1 aliphatic carbocycles. The minimum Gasteiger partial charge on any atom is -0.374 e. The fourth-order valence-electron chi connectivity index (χ4n) is 3.08. The molecule has 2 aliphatic rings. The number of aromatic nitrogens is 1. The van der Waals surface area contributed by atoms with Crippen molar-refractivity contribution in [1.29, 1.82) is 0 Å². The average molecular weight is 299 g/mol. The number of hydrogen-bond donors (Lipinski definition) is 0. The van der Waals surface area contributed by atoms with Crippen LogP contribution in [-0.4, -0.2) is 41.1 Å². The number of carbonyl (C=O) groups excluding carboxylic acids is 1. The van der Waals surface area contributed by atoms with E-state index in [0.29, 0.717) is 13.2 Å². The molecular weight excluding hydrogens is 283 g/mol. The molecule has 2 atom stereocenters. The second-order valence-electron chi connectivity index (χ2n) is 5.25. The molecule has 108 valence electrons. The van der Waals surface area contributed by atoms with Crippen molar-refractivity contribution in [2.24, 2.45) is 0 Å². The fourth-order valence-corrected chi connectivity index (χ4v) is 3.26. The minimum atomic E-state index is -0.550. The van der Waals surface area contributed by atoms with Crippen molar-refractivity contribution in [2.45, 2.75) is 37.8 Å². The first kappa shape index (κ1) is 13.8. The van der Waals surface area contributed by atoms with E-state index in [1.54, 1.807) is 4.90 Å². The maximum absolute atomic E-state index is 13.3. The van der Waals surface area contributed by atoms with E-state index in [4.69, 9.17) is 16.3 Å². The van der Waals surface area contributed by atoms with Crippen LogP contribution in [0.4, 0.5) is 4.39 Å². The number of hydrogen-bond acceptors (Lipinski definition) is 3. The molecule has 2 unspecified atom stereocenters. The van der Waals surface area contributed by atoms with Gasteiger partial charge in [-0.3, -0.25) is 4.79 Å². The second kappa shape index (κ2) is 5.66. The topological polar surface area (TPSA) is 42.4 Å². The van der Waals surface area contributed by atoms with Crippen molar-refractivity contribution >= 4 is 17.5 Å². The summed E-state index contributed by atoms with van der Waals surface area (Å²) in [5, 5.41) is 0.0512. The van der Waals surface area contributed by atoms with E-state index in [1.807, 2.05) is 0 Å². The molecule has 4 nitrogen and oxygen atoms in total. The summed E-state index contributed by atoms with van der Waals surface area (Å²) in [6.07, 6.45) is 5.23. The zero-order valence-corrected chi connectivity index (χ0v) is 11.8. The minimum absolute atomic E-state index is 0.0512. The van der Waals surface area contributed by atoms with E-state index < -0.39 is 5.82 Å². The molecule has 1 aromatic rings. The predicted molar refractivity (Wildman–Crippen MR) is 72.2 cm³/mol. The normalized spacial score (nSPS) is 26.2. The molecule has 0 N–H and O–H groups in total. The lowest BCUT2D eigenvalue weighted by Crippen LogP contribution is -2.54. The van der Waals surface area contributed by atoms with Gasteiger partial charge in [0, 0.05) is 6.54 Å². The van der Waals surface area contributed by atoms with Crippen LogP contribution < -0.4 is 0 Å². The summed E-state index contributed by atoms with van der Waals surface area (Å²) < 4.78 is 19.0. The molecule has 1 saturated heterocycles. The molecule has 0 spiro atoms. The molecule has 3 rings (SSSR count). The highest BCUT2D eigenvalue weighted by Crippen LogP contribution is 2.30. The number of rotatable bonds is 1. The van der Waals surface area contributed by atoms with Crippen LogP contribution in [0.15, 0.2) is 12.3 Å². The van der Waals surface area contributed by atoms with Gasteiger partial charge in [0.2, 0.25) is 0 Å². The van der Waals surface area contributed by atoms with Gasteiger partial charge in [0.25, 0.3) is 5.91 Å². The van der Waals surface area contributed by atoms with Crippen molar-refractivity contribution in [2.75, 3.05) is 13.2 Å². The Bertz CT molecular complexity index is 524. The van der Waals surface area contributed by atoms with Gasteiger partial charge in [-0.2, -0.15) is 0 Å². The van der Waals surface area contributed by atoms with Crippen LogP contribution in [0.2, 0.25) is 5.15 Å². The van der Waals surface area contributed by atoms with E-state index in [0.717, 1.165) is 37.9 Å². The lowest BCUT2D eigenvalue weighted by molar-refractivity contribution is -0.0752. The summed E-state index contributed by atoms with van der Waals surface area (Å²) in [4.78, 5) is 18.1. The molecule has 0 bridgehead atoms. The number of fused-ring (bicyclic) bond motifs is 1. The van der Waals surface area contributed by atoms with Gasteiger partial charge < -0.3 is 9.64 Å². The molecule has 0 radical (unpaired) electrons. The van der Waals surface area contributed by atoms with Crippen molar-refractivity contribution < 1.29 is 13.9 Å². The standard InChI is InChI=1S/C14H16ClFN2O2/c15-13-10(7-9(16)8-17-13)14(19)18-5-6-20-12-4-2-1-3-11(12)18/h7-8,11-12H,1-6H2. The summed E-state index contributed by atoms with van der Waals surface area (Å²) >= 11 is 5.93. The van der Waals surface area contributed by atoms with Gasteiger partial charge in [0.15, 0.2) is 0 Å². The summed E-state index contributed by atoms with van der Waals surface area (Å²) in [6.45, 7) is 1.04.